The Kier molecular flexibility index (Phi) is 4.68. The van der Waals surface area contributed by atoms with Gasteiger partial charge in [-0.05, 0) is 44.6 Å². The van der Waals surface area contributed by atoms with Gasteiger partial charge in [0.25, 0.3) is 0 Å². The number of thiophene rings is 1. The molecule has 2 aromatic rings. The Bertz CT molecular complexity index is 712. The smallest absolute Gasteiger partial charge is 0.316 e. The molecule has 0 spiro atoms. The van der Waals surface area contributed by atoms with Gasteiger partial charge < -0.3 is 4.74 Å². The van der Waals surface area contributed by atoms with Crippen molar-refractivity contribution >= 4 is 39.3 Å². The molecule has 0 bridgehead atoms. The minimum atomic E-state index is -0.186. The van der Waals surface area contributed by atoms with Gasteiger partial charge in [0.05, 0.1) is 12.4 Å². The lowest BCUT2D eigenvalue weighted by atomic mass is 9.89. The van der Waals surface area contributed by atoms with Crippen molar-refractivity contribution in [1.82, 2.24) is 9.97 Å². The molecule has 0 aromatic carbocycles. The maximum atomic E-state index is 11.6. The van der Waals surface area contributed by atoms with E-state index in [1.807, 2.05) is 13.8 Å². The van der Waals surface area contributed by atoms with E-state index in [0.717, 1.165) is 34.4 Å². The minimum absolute atomic E-state index is 0.186. The lowest BCUT2D eigenvalue weighted by molar-refractivity contribution is -0.139. The van der Waals surface area contributed by atoms with Crippen LogP contribution in [0.3, 0.4) is 0 Å². The highest BCUT2D eigenvalue weighted by Gasteiger charge is 2.24. The molecule has 1 atom stereocenters. The van der Waals surface area contributed by atoms with Crippen molar-refractivity contribution in [2.75, 3.05) is 12.4 Å². The van der Waals surface area contributed by atoms with Gasteiger partial charge in [-0.3, -0.25) is 4.79 Å². The highest BCUT2D eigenvalue weighted by molar-refractivity contribution is 8.00. The van der Waals surface area contributed by atoms with Gasteiger partial charge in [0.2, 0.25) is 0 Å². The van der Waals surface area contributed by atoms with Crippen LogP contribution >= 0.6 is 23.1 Å². The molecule has 0 aliphatic heterocycles. The van der Waals surface area contributed by atoms with E-state index in [4.69, 9.17) is 4.74 Å². The van der Waals surface area contributed by atoms with Crippen LogP contribution < -0.4 is 0 Å². The number of hydrogen-bond acceptors (Lipinski definition) is 6. The molecule has 1 aliphatic rings. The molecular weight excluding hydrogens is 316 g/mol. The lowest BCUT2D eigenvalue weighted by Gasteiger charge is -2.18. The molecule has 22 heavy (non-hydrogen) atoms. The molecule has 0 N–H and O–H groups in total. The van der Waals surface area contributed by atoms with Gasteiger partial charge in [0.1, 0.15) is 15.7 Å². The summed E-state index contributed by atoms with van der Waals surface area (Å²) in [5, 5.41) is 2.11. The van der Waals surface area contributed by atoms with E-state index in [-0.39, 0.29) is 5.97 Å². The van der Waals surface area contributed by atoms with Gasteiger partial charge >= 0.3 is 5.97 Å². The predicted molar refractivity (Wildman–Crippen MR) is 90.7 cm³/mol. The van der Waals surface area contributed by atoms with E-state index in [0.29, 0.717) is 12.4 Å². The van der Waals surface area contributed by atoms with Crippen LogP contribution in [0, 0.1) is 12.8 Å². The highest BCUT2D eigenvalue weighted by atomic mass is 32.2. The maximum absolute atomic E-state index is 11.6. The van der Waals surface area contributed by atoms with Crippen LogP contribution in [0.2, 0.25) is 0 Å². The van der Waals surface area contributed by atoms with Gasteiger partial charge in [-0.1, -0.05) is 18.7 Å². The summed E-state index contributed by atoms with van der Waals surface area (Å²) < 4.78 is 5.01. The fourth-order valence-corrected chi connectivity index (χ4v) is 5.24. The standard InChI is InChI=1S/C16H20N2O2S2/c1-4-20-13(19)8-21-15-14-11-6-5-9(2)7-12(11)22-16(14)18-10(3)17-15/h9H,4-8H2,1-3H3/t9-/m1/s1. The molecule has 2 heterocycles. The molecule has 0 unspecified atom stereocenters. The average Bonchev–Trinajstić information content (AvgIpc) is 2.81. The third kappa shape index (κ3) is 3.13. The minimum Gasteiger partial charge on any atom is -0.465 e. The Hall–Kier alpha value is -1.14. The first-order chi connectivity index (χ1) is 10.6. The van der Waals surface area contributed by atoms with Crippen molar-refractivity contribution in [1.29, 1.82) is 0 Å². The quantitative estimate of drug-likeness (QED) is 0.483. The Morgan fingerprint density at radius 3 is 3.05 bits per heavy atom. The summed E-state index contributed by atoms with van der Waals surface area (Å²) in [5.74, 6) is 1.63. The Labute approximate surface area is 138 Å². The average molecular weight is 336 g/mol. The molecule has 0 saturated heterocycles. The SMILES string of the molecule is CCOC(=O)CSc1nc(C)nc2sc3c(c12)CC[C@@H](C)C3. The number of nitrogens with zero attached hydrogens (tertiary/aromatic N) is 2. The number of carbonyl (C=O) groups is 1. The molecule has 2 aromatic heterocycles. The summed E-state index contributed by atoms with van der Waals surface area (Å²) in [6, 6.07) is 0. The fraction of sp³-hybridized carbons (Fsp3) is 0.562. The molecule has 4 nitrogen and oxygen atoms in total. The molecule has 3 rings (SSSR count). The van der Waals surface area contributed by atoms with Crippen molar-refractivity contribution in [2.45, 2.75) is 45.1 Å². The van der Waals surface area contributed by atoms with Crippen LogP contribution in [0.1, 0.15) is 36.5 Å². The summed E-state index contributed by atoms with van der Waals surface area (Å²) in [5.41, 5.74) is 1.41. The zero-order valence-corrected chi connectivity index (χ0v) is 14.8. The molecule has 0 amide bonds. The largest absolute Gasteiger partial charge is 0.465 e. The van der Waals surface area contributed by atoms with Crippen LogP contribution in [0.15, 0.2) is 5.03 Å². The zero-order valence-electron chi connectivity index (χ0n) is 13.1. The third-order valence-corrected chi connectivity index (χ3v) is 5.96. The number of aromatic nitrogens is 2. The van der Waals surface area contributed by atoms with Crippen LogP contribution in [-0.4, -0.2) is 28.3 Å². The number of ether oxygens (including phenoxy) is 1. The molecule has 118 valence electrons. The highest BCUT2D eigenvalue weighted by Crippen LogP contribution is 2.40. The Balaban J connectivity index is 1.96. The number of fused-ring (bicyclic) bond motifs is 3. The molecular formula is C16H20N2O2S2. The molecule has 1 aliphatic carbocycles. The van der Waals surface area contributed by atoms with Gasteiger partial charge in [-0.15, -0.1) is 11.3 Å². The maximum Gasteiger partial charge on any atom is 0.316 e. The van der Waals surface area contributed by atoms with Gasteiger partial charge in [0.15, 0.2) is 0 Å². The normalized spacial score (nSPS) is 17.5. The summed E-state index contributed by atoms with van der Waals surface area (Å²) in [6.45, 7) is 6.46. The first kappa shape index (κ1) is 15.7. The molecule has 0 fully saturated rings. The van der Waals surface area contributed by atoms with Crippen molar-refractivity contribution in [2.24, 2.45) is 5.92 Å². The number of hydrogen-bond donors (Lipinski definition) is 0. The second-order valence-electron chi connectivity index (χ2n) is 5.70. The zero-order chi connectivity index (χ0) is 15.7. The first-order valence-electron chi connectivity index (χ1n) is 7.65. The molecule has 0 saturated carbocycles. The summed E-state index contributed by atoms with van der Waals surface area (Å²) >= 11 is 3.27. The van der Waals surface area contributed by atoms with Crippen LogP contribution in [0.4, 0.5) is 0 Å². The van der Waals surface area contributed by atoms with Crippen molar-refractivity contribution in [3.05, 3.63) is 16.3 Å². The number of rotatable bonds is 4. The second kappa shape index (κ2) is 6.54. The van der Waals surface area contributed by atoms with E-state index >= 15 is 0 Å². The van der Waals surface area contributed by atoms with E-state index < -0.39 is 0 Å². The first-order valence-corrected chi connectivity index (χ1v) is 9.46. The molecule has 6 heteroatoms. The van der Waals surface area contributed by atoms with Crippen molar-refractivity contribution in [3.63, 3.8) is 0 Å². The second-order valence-corrected chi connectivity index (χ2v) is 7.75. The van der Waals surface area contributed by atoms with E-state index in [2.05, 4.69) is 16.9 Å². The van der Waals surface area contributed by atoms with E-state index in [9.17, 15) is 4.79 Å². The fourth-order valence-electron chi connectivity index (χ4n) is 2.84. The van der Waals surface area contributed by atoms with Gasteiger partial charge in [-0.2, -0.15) is 0 Å². The summed E-state index contributed by atoms with van der Waals surface area (Å²) in [7, 11) is 0. The summed E-state index contributed by atoms with van der Waals surface area (Å²) in [4.78, 5) is 23.3. The number of thioether (sulfide) groups is 1. The number of carbonyl (C=O) groups excluding carboxylic acids is 1. The van der Waals surface area contributed by atoms with Crippen LogP contribution in [0.5, 0.6) is 0 Å². The van der Waals surface area contributed by atoms with E-state index in [1.54, 1.807) is 11.3 Å². The summed E-state index contributed by atoms with van der Waals surface area (Å²) in [6.07, 6.45) is 3.45. The number of esters is 1. The number of aryl methyl sites for hydroxylation is 2. The molecule has 0 radical (unpaired) electrons. The van der Waals surface area contributed by atoms with Gasteiger partial charge in [0, 0.05) is 10.3 Å². The van der Waals surface area contributed by atoms with Crippen LogP contribution in [0.25, 0.3) is 10.2 Å². The predicted octanol–water partition coefficient (Wildman–Crippen LogP) is 3.78. The Morgan fingerprint density at radius 1 is 1.45 bits per heavy atom. The Morgan fingerprint density at radius 2 is 2.27 bits per heavy atom. The van der Waals surface area contributed by atoms with Gasteiger partial charge in [-0.25, -0.2) is 9.97 Å². The third-order valence-electron chi connectivity index (χ3n) is 3.87. The topological polar surface area (TPSA) is 52.1 Å². The van der Waals surface area contributed by atoms with Crippen molar-refractivity contribution in [3.8, 4) is 0 Å². The lowest BCUT2D eigenvalue weighted by Crippen LogP contribution is -2.09. The van der Waals surface area contributed by atoms with Crippen LogP contribution in [-0.2, 0) is 22.4 Å². The monoisotopic (exact) mass is 336 g/mol. The van der Waals surface area contributed by atoms with Crippen molar-refractivity contribution < 1.29 is 9.53 Å². The van der Waals surface area contributed by atoms with E-state index in [1.165, 1.54) is 34.0 Å².